The van der Waals surface area contributed by atoms with Gasteiger partial charge in [0.05, 0.1) is 31.2 Å². The SMILES string of the molecule is COC[C@@H]1Cc2c(ncn2C)CN1C(=O)COc1cccc(Cl)c1. The van der Waals surface area contributed by atoms with Crippen LogP contribution >= 0.6 is 11.6 Å². The molecule has 0 fully saturated rings. The van der Waals surface area contributed by atoms with E-state index < -0.39 is 0 Å². The Labute approximate surface area is 145 Å². The maximum Gasteiger partial charge on any atom is 0.261 e. The molecule has 3 rings (SSSR count). The summed E-state index contributed by atoms with van der Waals surface area (Å²) >= 11 is 5.93. The van der Waals surface area contributed by atoms with Crippen LogP contribution in [0.2, 0.25) is 5.02 Å². The van der Waals surface area contributed by atoms with Gasteiger partial charge in [-0.15, -0.1) is 0 Å². The molecule has 0 saturated heterocycles. The third kappa shape index (κ3) is 3.55. The van der Waals surface area contributed by atoms with Crippen molar-refractivity contribution in [1.82, 2.24) is 14.5 Å². The molecule has 0 saturated carbocycles. The van der Waals surface area contributed by atoms with Gasteiger partial charge in [0.2, 0.25) is 0 Å². The van der Waals surface area contributed by atoms with Gasteiger partial charge in [0.1, 0.15) is 5.75 Å². The molecule has 0 radical (unpaired) electrons. The normalized spacial score (nSPS) is 16.8. The second-order valence-electron chi connectivity index (χ2n) is 5.83. The zero-order valence-corrected chi connectivity index (χ0v) is 14.5. The van der Waals surface area contributed by atoms with Gasteiger partial charge in [0.25, 0.3) is 5.91 Å². The Morgan fingerprint density at radius 3 is 3.04 bits per heavy atom. The van der Waals surface area contributed by atoms with Crippen LogP contribution in [0.5, 0.6) is 5.75 Å². The number of nitrogens with zero attached hydrogens (tertiary/aromatic N) is 3. The summed E-state index contributed by atoms with van der Waals surface area (Å²) in [7, 11) is 3.61. The van der Waals surface area contributed by atoms with Crippen LogP contribution in [0, 0.1) is 0 Å². The van der Waals surface area contributed by atoms with Crippen molar-refractivity contribution in [3.05, 3.63) is 47.0 Å². The van der Waals surface area contributed by atoms with Crippen molar-refractivity contribution < 1.29 is 14.3 Å². The summed E-state index contributed by atoms with van der Waals surface area (Å²) < 4.78 is 12.9. The van der Waals surface area contributed by atoms with E-state index in [9.17, 15) is 4.79 Å². The Hall–Kier alpha value is -2.05. The number of amides is 1. The molecule has 2 heterocycles. The van der Waals surface area contributed by atoms with Crippen molar-refractivity contribution in [3.63, 3.8) is 0 Å². The molecule has 0 bridgehead atoms. The summed E-state index contributed by atoms with van der Waals surface area (Å²) in [6.45, 7) is 0.915. The average molecular weight is 350 g/mol. The van der Waals surface area contributed by atoms with Crippen molar-refractivity contribution >= 4 is 17.5 Å². The smallest absolute Gasteiger partial charge is 0.261 e. The van der Waals surface area contributed by atoms with Crippen LogP contribution in [0.3, 0.4) is 0 Å². The van der Waals surface area contributed by atoms with Crippen molar-refractivity contribution in [2.24, 2.45) is 7.05 Å². The van der Waals surface area contributed by atoms with Gasteiger partial charge in [0, 0.05) is 31.3 Å². The molecule has 0 unspecified atom stereocenters. The molecule has 2 aromatic rings. The van der Waals surface area contributed by atoms with Crippen molar-refractivity contribution in [2.75, 3.05) is 20.3 Å². The van der Waals surface area contributed by atoms with E-state index in [1.54, 1.807) is 42.6 Å². The molecule has 1 aliphatic rings. The molecule has 1 atom stereocenters. The number of carbonyl (C=O) groups excluding carboxylic acids is 1. The minimum absolute atomic E-state index is 0.0200. The summed E-state index contributed by atoms with van der Waals surface area (Å²) in [4.78, 5) is 18.8. The number of fused-ring (bicyclic) bond motifs is 1. The van der Waals surface area contributed by atoms with E-state index in [2.05, 4.69) is 4.98 Å². The van der Waals surface area contributed by atoms with E-state index in [4.69, 9.17) is 21.1 Å². The first kappa shape index (κ1) is 16.8. The standard InChI is InChI=1S/C17H20ClN3O3/c1-20-11-19-15-8-21(13(9-23-2)7-16(15)20)17(22)10-24-14-5-3-4-12(18)6-14/h3-6,11,13H,7-10H2,1-2H3/t13-/m0/s1. The lowest BCUT2D eigenvalue weighted by atomic mass is 10.0. The number of hydrogen-bond donors (Lipinski definition) is 0. The summed E-state index contributed by atoms with van der Waals surface area (Å²) in [6, 6.07) is 7.00. The molecule has 6 nitrogen and oxygen atoms in total. The van der Waals surface area contributed by atoms with Gasteiger partial charge in [-0.25, -0.2) is 4.98 Å². The third-order valence-corrected chi connectivity index (χ3v) is 4.41. The summed E-state index contributed by atoms with van der Waals surface area (Å²) in [5, 5.41) is 0.577. The fourth-order valence-corrected chi connectivity index (χ4v) is 3.12. The van der Waals surface area contributed by atoms with Crippen LogP contribution in [0.1, 0.15) is 11.4 Å². The van der Waals surface area contributed by atoms with E-state index >= 15 is 0 Å². The van der Waals surface area contributed by atoms with Gasteiger partial charge in [-0.3, -0.25) is 4.79 Å². The zero-order chi connectivity index (χ0) is 17.1. The largest absolute Gasteiger partial charge is 0.484 e. The first-order valence-electron chi connectivity index (χ1n) is 7.74. The number of aryl methyl sites for hydroxylation is 1. The maximum atomic E-state index is 12.6. The van der Waals surface area contributed by atoms with E-state index in [0.717, 1.165) is 17.8 Å². The van der Waals surface area contributed by atoms with Gasteiger partial charge in [-0.2, -0.15) is 0 Å². The van der Waals surface area contributed by atoms with Crippen LogP contribution in [-0.4, -0.2) is 46.7 Å². The van der Waals surface area contributed by atoms with Crippen LogP contribution in [0.25, 0.3) is 0 Å². The number of benzene rings is 1. The molecule has 1 aliphatic heterocycles. The van der Waals surface area contributed by atoms with Crippen LogP contribution in [0.15, 0.2) is 30.6 Å². The molecular weight excluding hydrogens is 330 g/mol. The number of methoxy groups -OCH3 is 1. The Morgan fingerprint density at radius 2 is 2.29 bits per heavy atom. The number of carbonyl (C=O) groups is 1. The predicted molar refractivity (Wildman–Crippen MR) is 90.1 cm³/mol. The fourth-order valence-electron chi connectivity index (χ4n) is 2.94. The van der Waals surface area contributed by atoms with Gasteiger partial charge in [0.15, 0.2) is 6.61 Å². The van der Waals surface area contributed by atoms with Crippen molar-refractivity contribution in [1.29, 1.82) is 0 Å². The van der Waals surface area contributed by atoms with Crippen LogP contribution in [-0.2, 0) is 29.5 Å². The average Bonchev–Trinajstić information content (AvgIpc) is 2.93. The number of hydrogen-bond acceptors (Lipinski definition) is 4. The van der Waals surface area contributed by atoms with Crippen molar-refractivity contribution in [2.45, 2.75) is 19.0 Å². The highest BCUT2D eigenvalue weighted by molar-refractivity contribution is 6.30. The molecule has 1 aromatic carbocycles. The molecule has 0 N–H and O–H groups in total. The number of aromatic nitrogens is 2. The summed E-state index contributed by atoms with van der Waals surface area (Å²) in [5.41, 5.74) is 2.08. The molecule has 0 spiro atoms. The highest BCUT2D eigenvalue weighted by Gasteiger charge is 2.32. The van der Waals surface area contributed by atoms with E-state index in [1.165, 1.54) is 0 Å². The minimum atomic E-state index is -0.0895. The molecule has 1 aromatic heterocycles. The molecule has 24 heavy (non-hydrogen) atoms. The molecule has 0 aliphatic carbocycles. The Balaban J connectivity index is 1.70. The maximum absolute atomic E-state index is 12.6. The van der Waals surface area contributed by atoms with E-state index in [1.807, 2.05) is 11.6 Å². The monoisotopic (exact) mass is 349 g/mol. The Morgan fingerprint density at radius 1 is 1.46 bits per heavy atom. The Kier molecular flexibility index (Phi) is 5.06. The number of rotatable bonds is 5. The van der Waals surface area contributed by atoms with E-state index in [0.29, 0.717) is 23.9 Å². The van der Waals surface area contributed by atoms with E-state index in [-0.39, 0.29) is 18.6 Å². The second kappa shape index (κ2) is 7.23. The van der Waals surface area contributed by atoms with Crippen LogP contribution in [0.4, 0.5) is 0 Å². The number of imidazole rings is 1. The van der Waals surface area contributed by atoms with Gasteiger partial charge in [-0.05, 0) is 18.2 Å². The van der Waals surface area contributed by atoms with Crippen molar-refractivity contribution in [3.8, 4) is 5.75 Å². The molecule has 1 amide bonds. The second-order valence-corrected chi connectivity index (χ2v) is 6.27. The first-order valence-corrected chi connectivity index (χ1v) is 8.12. The Bertz CT molecular complexity index is 732. The molecule has 128 valence electrons. The topological polar surface area (TPSA) is 56.6 Å². The number of ether oxygens (including phenoxy) is 2. The highest BCUT2D eigenvalue weighted by Crippen LogP contribution is 2.23. The minimum Gasteiger partial charge on any atom is -0.484 e. The highest BCUT2D eigenvalue weighted by atomic mass is 35.5. The fraction of sp³-hybridized carbons (Fsp3) is 0.412. The lowest BCUT2D eigenvalue weighted by molar-refractivity contribution is -0.138. The lowest BCUT2D eigenvalue weighted by Gasteiger charge is -2.35. The quantitative estimate of drug-likeness (QED) is 0.829. The predicted octanol–water partition coefficient (Wildman–Crippen LogP) is 2.05. The molecular formula is C17H20ClN3O3. The summed E-state index contributed by atoms with van der Waals surface area (Å²) in [5.74, 6) is 0.489. The van der Waals surface area contributed by atoms with Gasteiger partial charge >= 0.3 is 0 Å². The lowest BCUT2D eigenvalue weighted by Crippen LogP contribution is -2.48. The molecule has 7 heteroatoms. The summed E-state index contributed by atoms with van der Waals surface area (Å²) in [6.07, 6.45) is 2.51. The zero-order valence-electron chi connectivity index (χ0n) is 13.7. The first-order chi connectivity index (χ1) is 11.6. The van der Waals surface area contributed by atoms with Gasteiger partial charge < -0.3 is 18.9 Å². The number of halogens is 1. The third-order valence-electron chi connectivity index (χ3n) is 4.17. The van der Waals surface area contributed by atoms with Crippen LogP contribution < -0.4 is 4.74 Å². The van der Waals surface area contributed by atoms with Gasteiger partial charge in [-0.1, -0.05) is 17.7 Å².